The van der Waals surface area contributed by atoms with Crippen LogP contribution < -0.4 is 5.73 Å². The molecule has 4 heteroatoms. The second kappa shape index (κ2) is 3.64. The second-order valence-corrected chi connectivity index (χ2v) is 5.19. The molecule has 0 saturated heterocycles. The SMILES string of the molecule is [NH]CS(=O)(=O)c1cccc2ccccc12. The first-order chi connectivity index (χ1) is 7.15. The minimum atomic E-state index is -3.46. The van der Waals surface area contributed by atoms with Crippen LogP contribution in [0.15, 0.2) is 47.4 Å². The summed E-state index contributed by atoms with van der Waals surface area (Å²) in [5.74, 6) is -0.610. The van der Waals surface area contributed by atoms with Gasteiger partial charge in [-0.05, 0) is 11.5 Å². The molecule has 0 unspecified atom stereocenters. The third-order valence-electron chi connectivity index (χ3n) is 2.27. The Balaban J connectivity index is 2.83. The van der Waals surface area contributed by atoms with Crippen molar-refractivity contribution in [2.24, 2.45) is 0 Å². The molecule has 2 aromatic rings. The maximum atomic E-state index is 11.6. The molecule has 1 radical (unpaired) electrons. The van der Waals surface area contributed by atoms with Crippen LogP contribution in [0.1, 0.15) is 0 Å². The highest BCUT2D eigenvalue weighted by atomic mass is 32.2. The lowest BCUT2D eigenvalue weighted by atomic mass is 10.1. The summed E-state index contributed by atoms with van der Waals surface area (Å²) in [6.07, 6.45) is 0. The topological polar surface area (TPSA) is 57.9 Å². The van der Waals surface area contributed by atoms with E-state index in [2.05, 4.69) is 0 Å². The molecule has 0 heterocycles. The number of fused-ring (bicyclic) bond motifs is 1. The lowest BCUT2D eigenvalue weighted by molar-refractivity contribution is 0.596. The Hall–Kier alpha value is -1.39. The van der Waals surface area contributed by atoms with Gasteiger partial charge in [-0.25, -0.2) is 14.2 Å². The third kappa shape index (κ3) is 1.73. The van der Waals surface area contributed by atoms with Crippen molar-refractivity contribution in [2.45, 2.75) is 4.90 Å². The normalized spacial score (nSPS) is 11.8. The molecular formula is C11H10NO2S. The van der Waals surface area contributed by atoms with Gasteiger partial charge in [0.1, 0.15) is 5.88 Å². The molecule has 0 aliphatic rings. The van der Waals surface area contributed by atoms with E-state index in [-0.39, 0.29) is 4.90 Å². The largest absolute Gasteiger partial charge is 0.241 e. The summed E-state index contributed by atoms with van der Waals surface area (Å²) in [4.78, 5) is 0.246. The minimum absolute atomic E-state index is 0.246. The lowest BCUT2D eigenvalue weighted by Gasteiger charge is -2.05. The van der Waals surface area contributed by atoms with E-state index in [9.17, 15) is 8.42 Å². The van der Waals surface area contributed by atoms with Crippen molar-refractivity contribution in [2.75, 3.05) is 5.88 Å². The number of hydrogen-bond donors (Lipinski definition) is 0. The van der Waals surface area contributed by atoms with Crippen LogP contribution in [0, 0.1) is 0 Å². The Kier molecular flexibility index (Phi) is 2.46. The zero-order valence-electron chi connectivity index (χ0n) is 7.97. The van der Waals surface area contributed by atoms with Gasteiger partial charge in [0.25, 0.3) is 0 Å². The fourth-order valence-electron chi connectivity index (χ4n) is 1.54. The van der Waals surface area contributed by atoms with Crippen LogP contribution in [0.3, 0.4) is 0 Å². The van der Waals surface area contributed by atoms with Crippen LogP contribution in [0.4, 0.5) is 0 Å². The molecule has 0 spiro atoms. The summed E-state index contributed by atoms with van der Waals surface area (Å²) in [6, 6.07) is 12.4. The average molecular weight is 220 g/mol. The molecular weight excluding hydrogens is 210 g/mol. The van der Waals surface area contributed by atoms with Crippen molar-refractivity contribution in [1.82, 2.24) is 5.73 Å². The van der Waals surface area contributed by atoms with E-state index in [0.717, 1.165) is 5.39 Å². The van der Waals surface area contributed by atoms with E-state index >= 15 is 0 Å². The van der Waals surface area contributed by atoms with Crippen molar-refractivity contribution in [3.05, 3.63) is 42.5 Å². The quantitative estimate of drug-likeness (QED) is 0.775. The molecule has 0 fully saturated rings. The van der Waals surface area contributed by atoms with Gasteiger partial charge in [0.15, 0.2) is 9.84 Å². The fourth-order valence-corrected chi connectivity index (χ4v) is 2.51. The second-order valence-electron chi connectivity index (χ2n) is 3.24. The van der Waals surface area contributed by atoms with E-state index < -0.39 is 15.7 Å². The molecule has 0 aromatic heterocycles. The number of nitrogens with one attached hydrogen (secondary N) is 1. The maximum Gasteiger partial charge on any atom is 0.193 e. The van der Waals surface area contributed by atoms with E-state index in [4.69, 9.17) is 5.73 Å². The van der Waals surface area contributed by atoms with Gasteiger partial charge in [0.2, 0.25) is 0 Å². The monoisotopic (exact) mass is 220 g/mol. The maximum absolute atomic E-state index is 11.6. The molecule has 2 rings (SSSR count). The van der Waals surface area contributed by atoms with Crippen LogP contribution in [-0.4, -0.2) is 14.3 Å². The molecule has 77 valence electrons. The van der Waals surface area contributed by atoms with E-state index in [1.54, 1.807) is 24.3 Å². The van der Waals surface area contributed by atoms with Crippen LogP contribution in [0.2, 0.25) is 0 Å². The van der Waals surface area contributed by atoms with Crippen LogP contribution >= 0.6 is 0 Å². The van der Waals surface area contributed by atoms with Crippen LogP contribution in [0.25, 0.3) is 10.8 Å². The summed E-state index contributed by atoms with van der Waals surface area (Å²) in [5, 5.41) is 1.57. The summed E-state index contributed by atoms with van der Waals surface area (Å²) in [7, 11) is -3.46. The summed E-state index contributed by atoms with van der Waals surface area (Å²) < 4.78 is 23.3. The molecule has 0 aliphatic heterocycles. The Morgan fingerprint density at radius 3 is 2.40 bits per heavy atom. The summed E-state index contributed by atoms with van der Waals surface area (Å²) in [6.45, 7) is 0. The Morgan fingerprint density at radius 2 is 1.67 bits per heavy atom. The van der Waals surface area contributed by atoms with Gasteiger partial charge in [-0.15, -0.1) is 0 Å². The van der Waals surface area contributed by atoms with Crippen molar-refractivity contribution in [3.8, 4) is 0 Å². The van der Waals surface area contributed by atoms with Gasteiger partial charge >= 0.3 is 0 Å². The van der Waals surface area contributed by atoms with Gasteiger partial charge in [0.05, 0.1) is 4.90 Å². The molecule has 0 aliphatic carbocycles. The molecule has 0 amide bonds. The predicted octanol–water partition coefficient (Wildman–Crippen LogP) is 1.85. The summed E-state index contributed by atoms with van der Waals surface area (Å²) in [5.41, 5.74) is 7.03. The Bertz CT molecular complexity index is 585. The Morgan fingerprint density at radius 1 is 1.00 bits per heavy atom. The first-order valence-electron chi connectivity index (χ1n) is 4.50. The number of sulfone groups is 1. The predicted molar refractivity (Wildman–Crippen MR) is 59.1 cm³/mol. The van der Waals surface area contributed by atoms with Gasteiger partial charge in [-0.2, -0.15) is 0 Å². The van der Waals surface area contributed by atoms with Gasteiger partial charge in [0, 0.05) is 5.39 Å². The highest BCUT2D eigenvalue weighted by Crippen LogP contribution is 2.22. The van der Waals surface area contributed by atoms with Gasteiger partial charge < -0.3 is 0 Å². The van der Waals surface area contributed by atoms with Crippen molar-refractivity contribution in [1.29, 1.82) is 0 Å². The number of hydrogen-bond acceptors (Lipinski definition) is 2. The molecule has 0 atom stereocenters. The standard InChI is InChI=1S/C11H10NO2S/c12-8-15(13,14)11-7-3-5-9-4-1-2-6-10(9)11/h1-7,12H,8H2. The van der Waals surface area contributed by atoms with Crippen molar-refractivity contribution in [3.63, 3.8) is 0 Å². The first-order valence-corrected chi connectivity index (χ1v) is 6.15. The average Bonchev–Trinajstić information content (AvgIpc) is 2.28. The molecule has 15 heavy (non-hydrogen) atoms. The number of benzene rings is 2. The lowest BCUT2D eigenvalue weighted by Crippen LogP contribution is -2.07. The molecule has 2 aromatic carbocycles. The fraction of sp³-hybridized carbons (Fsp3) is 0.0909. The van der Waals surface area contributed by atoms with Crippen molar-refractivity contribution < 1.29 is 8.42 Å². The zero-order valence-corrected chi connectivity index (χ0v) is 8.79. The first kappa shape index (κ1) is 10.1. The van der Waals surface area contributed by atoms with E-state index in [1.165, 1.54) is 0 Å². The van der Waals surface area contributed by atoms with Gasteiger partial charge in [-0.1, -0.05) is 36.4 Å². The van der Waals surface area contributed by atoms with Gasteiger partial charge in [-0.3, -0.25) is 0 Å². The van der Waals surface area contributed by atoms with Crippen LogP contribution in [-0.2, 0) is 9.84 Å². The zero-order chi connectivity index (χ0) is 10.9. The molecule has 3 nitrogen and oxygen atoms in total. The third-order valence-corrected chi connectivity index (χ3v) is 3.68. The molecule has 0 saturated carbocycles. The number of rotatable bonds is 2. The van der Waals surface area contributed by atoms with Crippen LogP contribution in [0.5, 0.6) is 0 Å². The minimum Gasteiger partial charge on any atom is -0.241 e. The van der Waals surface area contributed by atoms with E-state index in [0.29, 0.717) is 5.39 Å². The summed E-state index contributed by atoms with van der Waals surface area (Å²) >= 11 is 0. The smallest absolute Gasteiger partial charge is 0.193 e. The van der Waals surface area contributed by atoms with Crippen molar-refractivity contribution >= 4 is 20.6 Å². The van der Waals surface area contributed by atoms with E-state index in [1.807, 2.05) is 18.2 Å². The highest BCUT2D eigenvalue weighted by molar-refractivity contribution is 7.91. The highest BCUT2D eigenvalue weighted by Gasteiger charge is 2.14. The molecule has 1 N–H and O–H groups in total. The molecule has 0 bridgehead atoms. The Labute approximate surface area is 88.4 Å².